The van der Waals surface area contributed by atoms with Gasteiger partial charge in [0.15, 0.2) is 11.5 Å². The highest BCUT2D eigenvalue weighted by Crippen LogP contribution is 2.32. The van der Waals surface area contributed by atoms with Crippen molar-refractivity contribution in [2.45, 2.75) is 26.4 Å². The molecule has 20 heavy (non-hydrogen) atoms. The molecule has 106 valence electrons. The van der Waals surface area contributed by atoms with Gasteiger partial charge in [0.2, 0.25) is 0 Å². The third-order valence-electron chi connectivity index (χ3n) is 2.96. The van der Waals surface area contributed by atoms with E-state index in [1.54, 1.807) is 7.11 Å². The molecule has 0 aliphatic heterocycles. The van der Waals surface area contributed by atoms with Crippen molar-refractivity contribution in [3.8, 4) is 17.2 Å². The van der Waals surface area contributed by atoms with Crippen LogP contribution >= 0.6 is 0 Å². The van der Waals surface area contributed by atoms with Crippen molar-refractivity contribution >= 4 is 0 Å². The van der Waals surface area contributed by atoms with Crippen LogP contribution in [0.3, 0.4) is 0 Å². The van der Waals surface area contributed by atoms with Crippen molar-refractivity contribution in [2.75, 3.05) is 7.11 Å². The van der Waals surface area contributed by atoms with Crippen molar-refractivity contribution in [1.29, 1.82) is 0 Å². The maximum atomic E-state index is 6.00. The lowest BCUT2D eigenvalue weighted by atomic mass is 10.2. The van der Waals surface area contributed by atoms with Crippen LogP contribution in [0.5, 0.6) is 17.2 Å². The minimum atomic E-state index is 0.439. The average molecular weight is 271 g/mol. The minimum absolute atomic E-state index is 0.439. The predicted molar refractivity (Wildman–Crippen MR) is 81.5 cm³/mol. The molecule has 1 N–H and O–H groups in total. The molecule has 0 atom stereocenters. The number of hydrogen-bond acceptors (Lipinski definition) is 3. The maximum Gasteiger partial charge on any atom is 0.169 e. The second kappa shape index (κ2) is 6.96. The molecule has 0 heterocycles. The number of benzene rings is 2. The molecule has 0 fully saturated rings. The van der Waals surface area contributed by atoms with Crippen molar-refractivity contribution in [3.05, 3.63) is 54.1 Å². The van der Waals surface area contributed by atoms with Crippen molar-refractivity contribution < 1.29 is 9.47 Å². The summed E-state index contributed by atoms with van der Waals surface area (Å²) in [5.74, 6) is 2.32. The molecule has 0 radical (unpaired) electrons. The highest BCUT2D eigenvalue weighted by atomic mass is 16.5. The summed E-state index contributed by atoms with van der Waals surface area (Å²) in [6, 6.07) is 16.1. The first-order valence-electron chi connectivity index (χ1n) is 6.83. The van der Waals surface area contributed by atoms with Crippen LogP contribution < -0.4 is 14.8 Å². The minimum Gasteiger partial charge on any atom is -0.493 e. The summed E-state index contributed by atoms with van der Waals surface area (Å²) in [6.45, 7) is 5.04. The Bertz CT molecular complexity index is 552. The fourth-order valence-electron chi connectivity index (χ4n) is 1.89. The SMILES string of the molecule is COc1ccccc1Oc1ccccc1CNC(C)C. The predicted octanol–water partition coefficient (Wildman–Crippen LogP) is 3.99. The molecule has 3 heteroatoms. The summed E-state index contributed by atoms with van der Waals surface area (Å²) in [5.41, 5.74) is 1.13. The Kier molecular flexibility index (Phi) is 5.02. The standard InChI is InChI=1S/C17H21NO2/c1-13(2)18-12-14-8-4-5-9-15(14)20-17-11-7-6-10-16(17)19-3/h4-11,13,18H,12H2,1-3H3. The van der Waals surface area contributed by atoms with Crippen LogP contribution in [0.4, 0.5) is 0 Å². The van der Waals surface area contributed by atoms with Gasteiger partial charge in [0.25, 0.3) is 0 Å². The summed E-state index contributed by atoms with van der Waals surface area (Å²) in [4.78, 5) is 0. The van der Waals surface area contributed by atoms with E-state index in [2.05, 4.69) is 25.2 Å². The second-order valence-electron chi connectivity index (χ2n) is 4.90. The van der Waals surface area contributed by atoms with E-state index >= 15 is 0 Å². The molecule has 2 rings (SSSR count). The fraction of sp³-hybridized carbons (Fsp3) is 0.294. The number of methoxy groups -OCH3 is 1. The Morgan fingerprint density at radius 3 is 2.15 bits per heavy atom. The molecule has 0 aromatic heterocycles. The summed E-state index contributed by atoms with van der Waals surface area (Å²) >= 11 is 0. The monoisotopic (exact) mass is 271 g/mol. The zero-order valence-corrected chi connectivity index (χ0v) is 12.2. The molecule has 2 aromatic rings. The van der Waals surface area contributed by atoms with Gasteiger partial charge in [-0.15, -0.1) is 0 Å². The Hall–Kier alpha value is -2.00. The normalized spacial score (nSPS) is 10.6. The lowest BCUT2D eigenvalue weighted by molar-refractivity contribution is 0.377. The number of para-hydroxylation sites is 3. The Balaban J connectivity index is 2.20. The summed E-state index contributed by atoms with van der Waals surface area (Å²) < 4.78 is 11.3. The van der Waals surface area contributed by atoms with Crippen molar-refractivity contribution in [2.24, 2.45) is 0 Å². The Morgan fingerprint density at radius 1 is 0.900 bits per heavy atom. The van der Waals surface area contributed by atoms with E-state index in [0.29, 0.717) is 6.04 Å². The van der Waals surface area contributed by atoms with E-state index in [1.165, 1.54) is 0 Å². The number of ether oxygens (including phenoxy) is 2. The summed E-state index contributed by atoms with van der Waals surface area (Å²) in [5, 5.41) is 3.41. The van der Waals surface area contributed by atoms with Crippen LogP contribution in [0, 0.1) is 0 Å². The van der Waals surface area contributed by atoms with E-state index in [1.807, 2.05) is 42.5 Å². The smallest absolute Gasteiger partial charge is 0.169 e. The molecule has 0 unspecified atom stereocenters. The lowest BCUT2D eigenvalue weighted by Crippen LogP contribution is -2.22. The Labute approximate surface area is 120 Å². The van der Waals surface area contributed by atoms with Gasteiger partial charge in [0.05, 0.1) is 7.11 Å². The van der Waals surface area contributed by atoms with E-state index in [0.717, 1.165) is 29.4 Å². The van der Waals surface area contributed by atoms with Gasteiger partial charge in [0, 0.05) is 18.2 Å². The highest BCUT2D eigenvalue weighted by molar-refractivity contribution is 5.44. The maximum absolute atomic E-state index is 6.00. The quantitative estimate of drug-likeness (QED) is 0.862. The average Bonchev–Trinajstić information content (AvgIpc) is 2.47. The molecule has 0 amide bonds. The topological polar surface area (TPSA) is 30.5 Å². The number of rotatable bonds is 6. The van der Waals surface area contributed by atoms with Gasteiger partial charge in [-0.25, -0.2) is 0 Å². The third kappa shape index (κ3) is 3.75. The molecule has 0 saturated carbocycles. The fourth-order valence-corrected chi connectivity index (χ4v) is 1.89. The Morgan fingerprint density at radius 2 is 1.50 bits per heavy atom. The zero-order valence-electron chi connectivity index (χ0n) is 12.2. The molecule has 0 spiro atoms. The first kappa shape index (κ1) is 14.4. The molecule has 0 bridgehead atoms. The molecular formula is C17H21NO2. The van der Waals surface area contributed by atoms with Crippen LogP contribution in [-0.2, 0) is 6.54 Å². The largest absolute Gasteiger partial charge is 0.493 e. The molecule has 0 aliphatic rings. The lowest BCUT2D eigenvalue weighted by Gasteiger charge is -2.15. The molecule has 2 aromatic carbocycles. The van der Waals surface area contributed by atoms with Gasteiger partial charge in [0.1, 0.15) is 5.75 Å². The summed E-state index contributed by atoms with van der Waals surface area (Å²) in [7, 11) is 1.65. The van der Waals surface area contributed by atoms with E-state index in [-0.39, 0.29) is 0 Å². The van der Waals surface area contributed by atoms with E-state index in [9.17, 15) is 0 Å². The first-order valence-corrected chi connectivity index (χ1v) is 6.83. The van der Waals surface area contributed by atoms with E-state index < -0.39 is 0 Å². The van der Waals surface area contributed by atoms with Crippen LogP contribution in [0.15, 0.2) is 48.5 Å². The summed E-state index contributed by atoms with van der Waals surface area (Å²) in [6.07, 6.45) is 0. The third-order valence-corrected chi connectivity index (χ3v) is 2.96. The van der Waals surface area contributed by atoms with Crippen molar-refractivity contribution in [1.82, 2.24) is 5.32 Å². The van der Waals surface area contributed by atoms with Crippen LogP contribution in [0.25, 0.3) is 0 Å². The van der Waals surface area contributed by atoms with Crippen LogP contribution in [0.2, 0.25) is 0 Å². The van der Waals surface area contributed by atoms with Gasteiger partial charge >= 0.3 is 0 Å². The van der Waals surface area contributed by atoms with E-state index in [4.69, 9.17) is 9.47 Å². The number of nitrogens with one attached hydrogen (secondary N) is 1. The van der Waals surface area contributed by atoms with Gasteiger partial charge in [-0.05, 0) is 18.2 Å². The van der Waals surface area contributed by atoms with Gasteiger partial charge in [-0.1, -0.05) is 44.2 Å². The van der Waals surface area contributed by atoms with Crippen molar-refractivity contribution in [3.63, 3.8) is 0 Å². The molecule has 3 nitrogen and oxygen atoms in total. The van der Waals surface area contributed by atoms with Crippen LogP contribution in [0.1, 0.15) is 19.4 Å². The zero-order chi connectivity index (χ0) is 14.4. The molecule has 0 saturated heterocycles. The van der Waals surface area contributed by atoms with Gasteiger partial charge in [-0.3, -0.25) is 0 Å². The highest BCUT2D eigenvalue weighted by Gasteiger charge is 2.08. The van der Waals surface area contributed by atoms with Crippen LogP contribution in [-0.4, -0.2) is 13.2 Å². The second-order valence-corrected chi connectivity index (χ2v) is 4.90. The first-order chi connectivity index (χ1) is 9.70. The van der Waals surface area contributed by atoms with Gasteiger partial charge in [-0.2, -0.15) is 0 Å². The molecule has 0 aliphatic carbocycles. The number of hydrogen-bond donors (Lipinski definition) is 1. The van der Waals surface area contributed by atoms with Gasteiger partial charge < -0.3 is 14.8 Å². The molecular weight excluding hydrogens is 250 g/mol.